The van der Waals surface area contributed by atoms with Gasteiger partial charge in [0.15, 0.2) is 11.0 Å². The Balaban J connectivity index is 1.15. The number of halogens is 6. The predicted molar refractivity (Wildman–Crippen MR) is 161 cm³/mol. The molecule has 0 bridgehead atoms. The first-order valence-electron chi connectivity index (χ1n) is 13.8. The molecular formula is C30H23F6N7OS2. The van der Waals surface area contributed by atoms with Gasteiger partial charge in [0.2, 0.25) is 0 Å². The Morgan fingerprint density at radius 3 is 2.17 bits per heavy atom. The fraction of sp³-hybridized carbons (Fsp3) is 0.233. The number of benzene rings is 2. The molecule has 1 aliphatic heterocycles. The van der Waals surface area contributed by atoms with Gasteiger partial charge >= 0.3 is 12.4 Å². The highest BCUT2D eigenvalue weighted by molar-refractivity contribution is 7.98. The Hall–Kier alpha value is -4.44. The molecule has 238 valence electrons. The lowest BCUT2D eigenvalue weighted by molar-refractivity contribution is -0.138. The minimum atomic E-state index is -4.54. The van der Waals surface area contributed by atoms with Gasteiger partial charge in [-0.25, -0.2) is 4.98 Å². The molecule has 5 aromatic rings. The second-order valence-corrected chi connectivity index (χ2v) is 12.1. The lowest BCUT2D eigenvalue weighted by Crippen LogP contribution is -2.49. The molecule has 0 radical (unpaired) electrons. The first-order valence-corrected chi connectivity index (χ1v) is 15.7. The number of thiazole rings is 1. The summed E-state index contributed by atoms with van der Waals surface area (Å²) in [6.07, 6.45) is -5.87. The molecule has 2 aromatic carbocycles. The van der Waals surface area contributed by atoms with Gasteiger partial charge in [0, 0.05) is 55.2 Å². The molecule has 0 atom stereocenters. The van der Waals surface area contributed by atoms with Crippen molar-refractivity contribution in [1.82, 2.24) is 29.6 Å². The lowest BCUT2D eigenvalue weighted by Gasteiger charge is -2.36. The van der Waals surface area contributed by atoms with Crippen molar-refractivity contribution in [2.75, 3.05) is 31.1 Å². The highest BCUT2D eigenvalue weighted by Crippen LogP contribution is 2.35. The van der Waals surface area contributed by atoms with E-state index in [0.29, 0.717) is 53.4 Å². The molecule has 3 aromatic heterocycles. The molecule has 0 saturated carbocycles. The van der Waals surface area contributed by atoms with Gasteiger partial charge in [-0.15, -0.1) is 21.5 Å². The van der Waals surface area contributed by atoms with Gasteiger partial charge in [0.05, 0.1) is 22.6 Å². The zero-order valence-corrected chi connectivity index (χ0v) is 25.3. The van der Waals surface area contributed by atoms with Crippen LogP contribution in [0.15, 0.2) is 83.6 Å². The minimum absolute atomic E-state index is 0.223. The first kappa shape index (κ1) is 31.5. The van der Waals surface area contributed by atoms with E-state index in [1.807, 2.05) is 4.90 Å². The topological polar surface area (TPSA) is 80.0 Å². The van der Waals surface area contributed by atoms with Gasteiger partial charge < -0.3 is 9.80 Å². The quantitative estimate of drug-likeness (QED) is 0.135. The SMILES string of the molecule is O=C(c1csc(CSc2nnc(-c3cccnc3)n2-c2cccc(C(F)(F)F)c2)n1)N1CCN(c2cccc(C(F)(F)F)c2)CC1. The van der Waals surface area contributed by atoms with Crippen molar-refractivity contribution in [1.29, 1.82) is 0 Å². The summed E-state index contributed by atoms with van der Waals surface area (Å²) in [5, 5.41) is 11.0. The summed E-state index contributed by atoms with van der Waals surface area (Å²) in [6, 6.07) is 13.4. The van der Waals surface area contributed by atoms with Crippen LogP contribution in [0, 0.1) is 0 Å². The van der Waals surface area contributed by atoms with Gasteiger partial charge in [-0.05, 0) is 48.5 Å². The maximum Gasteiger partial charge on any atom is 0.416 e. The summed E-state index contributed by atoms with van der Waals surface area (Å²) >= 11 is 2.47. The largest absolute Gasteiger partial charge is 0.416 e. The standard InChI is InChI=1S/C30H23F6N7OS2/c31-29(32,33)20-5-1-7-22(14-20)41-10-12-42(13-11-41)27(44)24-17-45-25(38-24)18-46-28-40-39-26(19-4-3-9-37-16-19)43(28)23-8-2-6-21(15-23)30(34,35)36/h1-9,14-17H,10-13,18H2. The fourth-order valence-corrected chi connectivity index (χ4v) is 6.65. The molecule has 4 heterocycles. The number of piperazine rings is 1. The second-order valence-electron chi connectivity index (χ2n) is 10.2. The smallest absolute Gasteiger partial charge is 0.368 e. The number of hydrogen-bond donors (Lipinski definition) is 0. The number of carbonyl (C=O) groups is 1. The van der Waals surface area contributed by atoms with E-state index < -0.39 is 23.5 Å². The lowest BCUT2D eigenvalue weighted by atomic mass is 10.1. The Morgan fingerprint density at radius 2 is 1.52 bits per heavy atom. The van der Waals surface area contributed by atoms with Gasteiger partial charge in [-0.2, -0.15) is 26.3 Å². The Morgan fingerprint density at radius 1 is 0.848 bits per heavy atom. The zero-order valence-electron chi connectivity index (χ0n) is 23.7. The van der Waals surface area contributed by atoms with Crippen LogP contribution in [-0.4, -0.2) is 61.7 Å². The van der Waals surface area contributed by atoms with Crippen molar-refractivity contribution in [2.24, 2.45) is 0 Å². The molecule has 0 N–H and O–H groups in total. The van der Waals surface area contributed by atoms with Crippen LogP contribution in [0.3, 0.4) is 0 Å². The normalized spacial score (nSPS) is 14.1. The summed E-state index contributed by atoms with van der Waals surface area (Å²) in [7, 11) is 0. The van der Waals surface area contributed by atoms with Crippen LogP contribution < -0.4 is 4.90 Å². The van der Waals surface area contributed by atoms with Gasteiger partial charge in [0.1, 0.15) is 10.7 Å². The highest BCUT2D eigenvalue weighted by Gasteiger charge is 2.32. The number of thioether (sulfide) groups is 1. The van der Waals surface area contributed by atoms with Crippen molar-refractivity contribution in [3.8, 4) is 17.1 Å². The summed E-state index contributed by atoms with van der Waals surface area (Å²) in [4.78, 5) is 25.2. The van der Waals surface area contributed by atoms with E-state index in [1.54, 1.807) is 40.9 Å². The monoisotopic (exact) mass is 675 g/mol. The van der Waals surface area contributed by atoms with E-state index in [2.05, 4.69) is 20.2 Å². The molecule has 1 amide bonds. The number of nitrogens with zero attached hydrogens (tertiary/aromatic N) is 7. The third kappa shape index (κ3) is 6.87. The zero-order chi connectivity index (χ0) is 32.5. The molecule has 1 saturated heterocycles. The van der Waals surface area contributed by atoms with Crippen molar-refractivity contribution in [2.45, 2.75) is 23.3 Å². The molecule has 0 spiro atoms. The Kier molecular flexibility index (Phi) is 8.74. The van der Waals surface area contributed by atoms with Crippen molar-refractivity contribution >= 4 is 34.7 Å². The molecule has 8 nitrogen and oxygen atoms in total. The van der Waals surface area contributed by atoms with Crippen molar-refractivity contribution < 1.29 is 31.1 Å². The average molecular weight is 676 g/mol. The third-order valence-corrected chi connectivity index (χ3v) is 9.16. The number of hydrogen-bond acceptors (Lipinski definition) is 8. The molecular weight excluding hydrogens is 653 g/mol. The van der Waals surface area contributed by atoms with Crippen LogP contribution in [0.1, 0.15) is 26.6 Å². The van der Waals surface area contributed by atoms with E-state index in [0.717, 1.165) is 24.3 Å². The van der Waals surface area contributed by atoms with Gasteiger partial charge in [0.25, 0.3) is 5.91 Å². The van der Waals surface area contributed by atoms with E-state index >= 15 is 0 Å². The van der Waals surface area contributed by atoms with Crippen LogP contribution >= 0.6 is 23.1 Å². The molecule has 6 rings (SSSR count). The van der Waals surface area contributed by atoms with E-state index in [9.17, 15) is 31.1 Å². The van der Waals surface area contributed by atoms with Gasteiger partial charge in [-0.1, -0.05) is 23.9 Å². The molecule has 46 heavy (non-hydrogen) atoms. The van der Waals surface area contributed by atoms with E-state index in [4.69, 9.17) is 0 Å². The number of amides is 1. The van der Waals surface area contributed by atoms with Crippen LogP contribution in [0.2, 0.25) is 0 Å². The summed E-state index contributed by atoms with van der Waals surface area (Å²) < 4.78 is 81.5. The first-order chi connectivity index (χ1) is 22.0. The van der Waals surface area contributed by atoms with Crippen LogP contribution in [0.25, 0.3) is 17.1 Å². The van der Waals surface area contributed by atoms with E-state index in [-0.39, 0.29) is 23.0 Å². The number of alkyl halides is 6. The highest BCUT2D eigenvalue weighted by atomic mass is 32.2. The van der Waals surface area contributed by atoms with E-state index in [1.165, 1.54) is 45.9 Å². The van der Waals surface area contributed by atoms with Gasteiger partial charge in [-0.3, -0.25) is 14.3 Å². The minimum Gasteiger partial charge on any atom is -0.368 e. The Bertz CT molecular complexity index is 1830. The van der Waals surface area contributed by atoms with Crippen LogP contribution in [0.4, 0.5) is 32.0 Å². The maximum atomic E-state index is 13.5. The molecule has 0 unspecified atom stereocenters. The maximum absolute atomic E-state index is 13.5. The number of anilines is 1. The number of carbonyl (C=O) groups excluding carboxylic acids is 1. The second kappa shape index (κ2) is 12.7. The molecule has 1 fully saturated rings. The summed E-state index contributed by atoms with van der Waals surface area (Å²) in [5.74, 6) is 0.294. The van der Waals surface area contributed by atoms with Crippen LogP contribution in [-0.2, 0) is 18.1 Å². The number of pyridine rings is 1. The number of aromatic nitrogens is 5. The predicted octanol–water partition coefficient (Wildman–Crippen LogP) is 7.08. The fourth-order valence-electron chi connectivity index (χ4n) is 4.91. The van der Waals surface area contributed by atoms with Crippen molar-refractivity contribution in [3.63, 3.8) is 0 Å². The number of rotatable bonds is 7. The molecule has 0 aliphatic carbocycles. The molecule has 16 heteroatoms. The summed E-state index contributed by atoms with van der Waals surface area (Å²) in [5.41, 5.74) is -0.0682. The van der Waals surface area contributed by atoms with Crippen LogP contribution in [0.5, 0.6) is 0 Å². The third-order valence-electron chi connectivity index (χ3n) is 7.19. The average Bonchev–Trinajstić information content (AvgIpc) is 3.71. The molecule has 1 aliphatic rings. The Labute approximate surface area is 266 Å². The van der Waals surface area contributed by atoms with Crippen molar-refractivity contribution in [3.05, 3.63) is 100 Å². The summed E-state index contributed by atoms with van der Waals surface area (Å²) in [6.45, 7) is 1.36.